The first-order valence-corrected chi connectivity index (χ1v) is 7.17. The molecule has 0 N–H and O–H groups in total. The van der Waals surface area contributed by atoms with E-state index in [0.29, 0.717) is 6.42 Å². The van der Waals surface area contributed by atoms with Gasteiger partial charge in [0.1, 0.15) is 17.4 Å². The summed E-state index contributed by atoms with van der Waals surface area (Å²) in [6.45, 7) is 0. The van der Waals surface area contributed by atoms with E-state index in [1.165, 1.54) is 29.3 Å². The van der Waals surface area contributed by atoms with E-state index in [1.807, 2.05) is 18.2 Å². The fourth-order valence-electron chi connectivity index (χ4n) is 2.99. The predicted octanol–water partition coefficient (Wildman–Crippen LogP) is 3.88. The van der Waals surface area contributed by atoms with Crippen molar-refractivity contribution < 1.29 is 13.6 Å². The number of rotatable bonds is 3. The fourth-order valence-corrected chi connectivity index (χ4v) is 2.99. The van der Waals surface area contributed by atoms with Crippen LogP contribution < -0.4 is 0 Å². The van der Waals surface area contributed by atoms with Crippen molar-refractivity contribution in [3.05, 3.63) is 70.8 Å². The Morgan fingerprint density at radius 1 is 1.00 bits per heavy atom. The highest BCUT2D eigenvalue weighted by molar-refractivity contribution is 5.84. The number of ketones is 1. The van der Waals surface area contributed by atoms with Crippen LogP contribution in [0.2, 0.25) is 0 Å². The standard InChI is InChI=1S/C18H16F2O/c19-16-6-3-7-17(20)15(16)11-18(21)14-9-8-12-4-1-2-5-13(12)10-14/h1-7,14H,8-11H2. The molecule has 1 aliphatic rings. The molecule has 0 bridgehead atoms. The van der Waals surface area contributed by atoms with Gasteiger partial charge in [0.25, 0.3) is 0 Å². The first-order chi connectivity index (χ1) is 10.1. The van der Waals surface area contributed by atoms with Gasteiger partial charge in [0.2, 0.25) is 0 Å². The highest BCUT2D eigenvalue weighted by Gasteiger charge is 2.25. The van der Waals surface area contributed by atoms with E-state index < -0.39 is 11.6 Å². The monoisotopic (exact) mass is 286 g/mol. The largest absolute Gasteiger partial charge is 0.299 e. The lowest BCUT2D eigenvalue weighted by Crippen LogP contribution is -2.24. The van der Waals surface area contributed by atoms with Crippen molar-refractivity contribution in [1.29, 1.82) is 0 Å². The zero-order chi connectivity index (χ0) is 14.8. The second-order valence-corrected chi connectivity index (χ2v) is 5.55. The van der Waals surface area contributed by atoms with Gasteiger partial charge in [-0.15, -0.1) is 0 Å². The highest BCUT2D eigenvalue weighted by atomic mass is 19.1. The quantitative estimate of drug-likeness (QED) is 0.837. The first kappa shape index (κ1) is 13.9. The molecule has 0 aliphatic heterocycles. The van der Waals surface area contributed by atoms with E-state index in [0.717, 1.165) is 12.8 Å². The molecule has 3 heteroatoms. The molecule has 1 atom stereocenters. The van der Waals surface area contributed by atoms with Crippen molar-refractivity contribution in [2.75, 3.05) is 0 Å². The molecule has 0 spiro atoms. The van der Waals surface area contributed by atoms with Gasteiger partial charge >= 0.3 is 0 Å². The zero-order valence-corrected chi connectivity index (χ0v) is 11.6. The van der Waals surface area contributed by atoms with E-state index in [2.05, 4.69) is 6.07 Å². The Bertz CT molecular complexity index is 658. The maximum Gasteiger partial charge on any atom is 0.140 e. The van der Waals surface area contributed by atoms with Crippen molar-refractivity contribution >= 4 is 5.78 Å². The minimum absolute atomic E-state index is 0.0755. The molecule has 2 aromatic carbocycles. The average molecular weight is 286 g/mol. The Balaban J connectivity index is 1.76. The molecule has 3 rings (SSSR count). The molecule has 0 fully saturated rings. The number of halogens is 2. The lowest BCUT2D eigenvalue weighted by Gasteiger charge is -2.23. The van der Waals surface area contributed by atoms with Gasteiger partial charge in [-0.05, 0) is 42.5 Å². The van der Waals surface area contributed by atoms with Crippen LogP contribution in [0.25, 0.3) is 0 Å². The SMILES string of the molecule is O=C(Cc1c(F)cccc1F)C1CCc2ccccc2C1. The molecule has 0 radical (unpaired) electrons. The van der Waals surface area contributed by atoms with E-state index in [-0.39, 0.29) is 23.7 Å². The molecule has 21 heavy (non-hydrogen) atoms. The molecular weight excluding hydrogens is 270 g/mol. The van der Waals surface area contributed by atoms with Crippen LogP contribution in [0.1, 0.15) is 23.1 Å². The maximum absolute atomic E-state index is 13.6. The van der Waals surface area contributed by atoms with Crippen molar-refractivity contribution in [1.82, 2.24) is 0 Å². The topological polar surface area (TPSA) is 17.1 Å². The number of fused-ring (bicyclic) bond motifs is 1. The Morgan fingerprint density at radius 2 is 1.67 bits per heavy atom. The number of carbonyl (C=O) groups excluding carboxylic acids is 1. The van der Waals surface area contributed by atoms with E-state index in [9.17, 15) is 13.6 Å². The van der Waals surface area contributed by atoms with Crippen molar-refractivity contribution in [2.45, 2.75) is 25.7 Å². The van der Waals surface area contributed by atoms with E-state index in [1.54, 1.807) is 0 Å². The molecule has 0 saturated heterocycles. The summed E-state index contributed by atoms with van der Waals surface area (Å²) in [5, 5.41) is 0. The molecule has 2 aromatic rings. The molecule has 0 heterocycles. The molecule has 108 valence electrons. The minimum atomic E-state index is -0.639. The third-order valence-electron chi connectivity index (χ3n) is 4.21. The van der Waals surface area contributed by atoms with Crippen LogP contribution in [0.5, 0.6) is 0 Å². The Kier molecular flexibility index (Phi) is 3.82. The smallest absolute Gasteiger partial charge is 0.140 e. The lowest BCUT2D eigenvalue weighted by atomic mass is 9.80. The minimum Gasteiger partial charge on any atom is -0.299 e. The van der Waals surface area contributed by atoms with Gasteiger partial charge in [0, 0.05) is 17.9 Å². The van der Waals surface area contributed by atoms with Crippen LogP contribution >= 0.6 is 0 Å². The van der Waals surface area contributed by atoms with Crippen LogP contribution in [0, 0.1) is 17.6 Å². The number of hydrogen-bond acceptors (Lipinski definition) is 1. The molecule has 0 aromatic heterocycles. The summed E-state index contributed by atoms with van der Waals surface area (Å²) in [7, 11) is 0. The van der Waals surface area contributed by atoms with Crippen LogP contribution in [0.15, 0.2) is 42.5 Å². The van der Waals surface area contributed by atoms with Gasteiger partial charge in [-0.3, -0.25) is 4.79 Å². The summed E-state index contributed by atoms with van der Waals surface area (Å²) in [4.78, 5) is 12.3. The molecule has 0 saturated carbocycles. The van der Waals surface area contributed by atoms with Crippen molar-refractivity contribution in [3.8, 4) is 0 Å². The first-order valence-electron chi connectivity index (χ1n) is 7.17. The molecule has 0 amide bonds. The van der Waals surface area contributed by atoms with Crippen LogP contribution in [-0.2, 0) is 24.1 Å². The number of aryl methyl sites for hydroxylation is 1. The zero-order valence-electron chi connectivity index (χ0n) is 11.6. The Labute approximate surface area is 122 Å². The van der Waals surface area contributed by atoms with Crippen LogP contribution in [0.4, 0.5) is 8.78 Å². The van der Waals surface area contributed by atoms with Crippen LogP contribution in [-0.4, -0.2) is 5.78 Å². The lowest BCUT2D eigenvalue weighted by molar-refractivity contribution is -0.122. The predicted molar refractivity (Wildman–Crippen MR) is 77.0 cm³/mol. The summed E-state index contributed by atoms with van der Waals surface area (Å²) in [5.41, 5.74) is 2.34. The maximum atomic E-state index is 13.6. The molecule has 1 unspecified atom stereocenters. The Hall–Kier alpha value is -2.03. The average Bonchev–Trinajstić information content (AvgIpc) is 2.50. The van der Waals surface area contributed by atoms with Crippen LogP contribution in [0.3, 0.4) is 0 Å². The Morgan fingerprint density at radius 3 is 2.38 bits per heavy atom. The van der Waals surface area contributed by atoms with Gasteiger partial charge in [-0.2, -0.15) is 0 Å². The second-order valence-electron chi connectivity index (χ2n) is 5.55. The van der Waals surface area contributed by atoms with Gasteiger partial charge in [-0.1, -0.05) is 30.3 Å². The molecular formula is C18H16F2O. The van der Waals surface area contributed by atoms with Gasteiger partial charge in [0.05, 0.1) is 0 Å². The number of hydrogen-bond donors (Lipinski definition) is 0. The summed E-state index contributed by atoms with van der Waals surface area (Å²) >= 11 is 0. The summed E-state index contributed by atoms with van der Waals surface area (Å²) in [6, 6.07) is 11.8. The van der Waals surface area contributed by atoms with Gasteiger partial charge in [0.15, 0.2) is 0 Å². The summed E-state index contributed by atoms with van der Waals surface area (Å²) < 4.78 is 27.2. The third-order valence-corrected chi connectivity index (χ3v) is 4.21. The summed E-state index contributed by atoms with van der Waals surface area (Å²) in [5.74, 6) is -1.49. The van der Waals surface area contributed by atoms with Crippen molar-refractivity contribution in [2.24, 2.45) is 5.92 Å². The fraction of sp³-hybridized carbons (Fsp3) is 0.278. The van der Waals surface area contributed by atoms with Crippen molar-refractivity contribution in [3.63, 3.8) is 0 Å². The summed E-state index contributed by atoms with van der Waals surface area (Å²) in [6.07, 6.45) is 2.12. The van der Waals surface area contributed by atoms with E-state index in [4.69, 9.17) is 0 Å². The molecule has 1 nitrogen and oxygen atoms in total. The van der Waals surface area contributed by atoms with Gasteiger partial charge < -0.3 is 0 Å². The normalized spacial score (nSPS) is 17.3. The molecule has 1 aliphatic carbocycles. The van der Waals surface area contributed by atoms with E-state index >= 15 is 0 Å². The number of Topliss-reactive ketones (excluding diaryl/α,β-unsaturated/α-hetero) is 1. The second kappa shape index (κ2) is 5.76. The third kappa shape index (κ3) is 2.87. The number of benzene rings is 2. The number of carbonyl (C=O) groups is 1. The highest BCUT2D eigenvalue weighted by Crippen LogP contribution is 2.27. The van der Waals surface area contributed by atoms with Gasteiger partial charge in [-0.25, -0.2) is 8.78 Å².